The van der Waals surface area contributed by atoms with Gasteiger partial charge in [0, 0.05) is 5.02 Å². The average molecular weight is 217 g/mol. The molecule has 10 heavy (non-hydrogen) atoms. The molecule has 1 aromatic carbocycles. The number of rotatable bonds is 1. The lowest BCUT2D eigenvalue weighted by Gasteiger charge is -1.90. The summed E-state index contributed by atoms with van der Waals surface area (Å²) in [4.78, 5) is 1.82. The summed E-state index contributed by atoms with van der Waals surface area (Å²) in [6.45, 7) is 0. The van der Waals surface area contributed by atoms with Crippen LogP contribution < -0.4 is 0 Å². The highest BCUT2D eigenvalue weighted by Crippen LogP contribution is 2.10. The van der Waals surface area contributed by atoms with Gasteiger partial charge in [-0.05, 0) is 28.8 Å². The quantitative estimate of drug-likeness (QED) is 0.673. The van der Waals surface area contributed by atoms with Crippen LogP contribution >= 0.6 is 27.5 Å². The van der Waals surface area contributed by atoms with Crippen molar-refractivity contribution >= 4 is 33.6 Å². The summed E-state index contributed by atoms with van der Waals surface area (Å²) in [6, 6.07) is 7.65. The fourth-order valence-corrected chi connectivity index (χ4v) is 1.08. The van der Waals surface area contributed by atoms with E-state index in [4.69, 9.17) is 11.6 Å². The van der Waals surface area contributed by atoms with Crippen LogP contribution in [0.5, 0.6) is 0 Å². The van der Waals surface area contributed by atoms with Gasteiger partial charge in [0.05, 0.1) is 0 Å². The Kier molecular flexibility index (Phi) is 2.97. The largest absolute Gasteiger partial charge is 0.0843 e. The van der Waals surface area contributed by atoms with Crippen LogP contribution in [-0.4, -0.2) is 0 Å². The molecular formula is C8H6BrCl. The molecule has 0 bridgehead atoms. The maximum atomic E-state index is 5.68. The van der Waals surface area contributed by atoms with Gasteiger partial charge in [-0.15, -0.1) is 0 Å². The van der Waals surface area contributed by atoms with Crippen LogP contribution in [0.3, 0.4) is 0 Å². The summed E-state index contributed by atoms with van der Waals surface area (Å²) in [6.07, 6.45) is 1.95. The highest BCUT2D eigenvalue weighted by atomic mass is 79.9. The van der Waals surface area contributed by atoms with E-state index in [1.54, 1.807) is 0 Å². The van der Waals surface area contributed by atoms with Gasteiger partial charge in [0.2, 0.25) is 0 Å². The Morgan fingerprint density at radius 3 is 2.30 bits per heavy atom. The van der Waals surface area contributed by atoms with Crippen molar-refractivity contribution in [1.29, 1.82) is 0 Å². The van der Waals surface area contributed by atoms with Gasteiger partial charge in [0.15, 0.2) is 0 Å². The van der Waals surface area contributed by atoms with Crippen LogP contribution in [0.2, 0.25) is 5.02 Å². The van der Waals surface area contributed by atoms with Crippen molar-refractivity contribution in [3.8, 4) is 0 Å². The summed E-state index contributed by atoms with van der Waals surface area (Å²) in [5.41, 5.74) is 1.14. The summed E-state index contributed by atoms with van der Waals surface area (Å²) in [5, 5.41) is 0.770. The number of halogens is 2. The van der Waals surface area contributed by atoms with Crippen LogP contribution in [0.15, 0.2) is 29.3 Å². The Bertz CT molecular complexity index is 226. The van der Waals surface area contributed by atoms with E-state index >= 15 is 0 Å². The lowest BCUT2D eigenvalue weighted by Crippen LogP contribution is -1.67. The highest BCUT2D eigenvalue weighted by molar-refractivity contribution is 9.11. The summed E-state index contributed by atoms with van der Waals surface area (Å²) in [7, 11) is 0. The normalized spacial score (nSPS) is 10.6. The van der Waals surface area contributed by atoms with E-state index in [-0.39, 0.29) is 0 Å². The van der Waals surface area contributed by atoms with Gasteiger partial charge in [0.25, 0.3) is 0 Å². The van der Waals surface area contributed by atoms with Crippen molar-refractivity contribution in [2.45, 2.75) is 0 Å². The van der Waals surface area contributed by atoms with E-state index in [1.165, 1.54) is 0 Å². The fraction of sp³-hybridized carbons (Fsp3) is 0. The fourth-order valence-electron chi connectivity index (χ4n) is 0.647. The molecule has 0 aliphatic rings. The Labute approximate surface area is 73.6 Å². The predicted molar refractivity (Wildman–Crippen MR) is 49.4 cm³/mol. The van der Waals surface area contributed by atoms with E-state index in [9.17, 15) is 0 Å². The van der Waals surface area contributed by atoms with Gasteiger partial charge in [-0.2, -0.15) is 0 Å². The van der Waals surface area contributed by atoms with Crippen LogP contribution in [-0.2, 0) is 0 Å². The maximum Gasteiger partial charge on any atom is 0.0406 e. The van der Waals surface area contributed by atoms with Crippen molar-refractivity contribution in [1.82, 2.24) is 0 Å². The first-order chi connectivity index (χ1) is 4.83. The van der Waals surface area contributed by atoms with Crippen molar-refractivity contribution < 1.29 is 0 Å². The Hall–Kier alpha value is -0.270. The van der Waals surface area contributed by atoms with Gasteiger partial charge in [-0.1, -0.05) is 39.7 Å². The molecule has 0 amide bonds. The second-order valence-corrected chi connectivity index (χ2v) is 2.81. The van der Waals surface area contributed by atoms with Crippen LogP contribution in [0.1, 0.15) is 5.56 Å². The van der Waals surface area contributed by atoms with Crippen LogP contribution in [0.25, 0.3) is 6.08 Å². The first kappa shape index (κ1) is 7.83. The zero-order valence-corrected chi connectivity index (χ0v) is 7.56. The molecule has 0 aliphatic carbocycles. The van der Waals surface area contributed by atoms with Crippen molar-refractivity contribution in [2.75, 3.05) is 0 Å². The van der Waals surface area contributed by atoms with Crippen molar-refractivity contribution in [2.24, 2.45) is 0 Å². The average Bonchev–Trinajstić information content (AvgIpc) is 1.95. The molecule has 0 aromatic heterocycles. The minimum atomic E-state index is 0.770. The molecular weight excluding hydrogens is 211 g/mol. The molecule has 0 radical (unpaired) electrons. The summed E-state index contributed by atoms with van der Waals surface area (Å²) in [5.74, 6) is 0. The molecule has 52 valence electrons. The molecule has 0 nitrogen and oxygen atoms in total. The number of benzene rings is 1. The Balaban J connectivity index is 2.89. The lowest BCUT2D eigenvalue weighted by molar-refractivity contribution is 1.66. The number of hydrogen-bond donors (Lipinski definition) is 0. The molecule has 1 aromatic rings. The molecule has 0 unspecified atom stereocenters. The van der Waals surface area contributed by atoms with Gasteiger partial charge >= 0.3 is 0 Å². The monoisotopic (exact) mass is 216 g/mol. The Morgan fingerprint density at radius 2 is 1.80 bits per heavy atom. The first-order valence-corrected chi connectivity index (χ1v) is 4.14. The van der Waals surface area contributed by atoms with Gasteiger partial charge in [-0.25, -0.2) is 0 Å². The lowest BCUT2D eigenvalue weighted by atomic mass is 10.2. The molecule has 0 aliphatic heterocycles. The van der Waals surface area contributed by atoms with Crippen molar-refractivity contribution in [3.63, 3.8) is 0 Å². The molecule has 2 heteroatoms. The van der Waals surface area contributed by atoms with E-state index < -0.39 is 0 Å². The third-order valence-electron chi connectivity index (χ3n) is 1.13. The molecule has 0 saturated heterocycles. The maximum absolute atomic E-state index is 5.68. The third kappa shape index (κ3) is 2.16. The van der Waals surface area contributed by atoms with Gasteiger partial charge in [-0.3, -0.25) is 0 Å². The summed E-state index contributed by atoms with van der Waals surface area (Å²) >= 11 is 8.87. The molecule has 0 spiro atoms. The molecule has 0 atom stereocenters. The highest BCUT2D eigenvalue weighted by Gasteiger charge is 1.85. The smallest absolute Gasteiger partial charge is 0.0406 e. The predicted octanol–water partition coefficient (Wildman–Crippen LogP) is 3.71. The van der Waals surface area contributed by atoms with E-state index in [0.29, 0.717) is 0 Å². The Morgan fingerprint density at radius 1 is 1.20 bits per heavy atom. The van der Waals surface area contributed by atoms with E-state index in [0.717, 1.165) is 10.6 Å². The van der Waals surface area contributed by atoms with E-state index in [1.807, 2.05) is 35.3 Å². The topological polar surface area (TPSA) is 0 Å². The number of hydrogen-bond acceptors (Lipinski definition) is 0. The third-order valence-corrected chi connectivity index (χ3v) is 1.64. The zero-order valence-electron chi connectivity index (χ0n) is 5.22. The molecule has 0 heterocycles. The summed E-state index contributed by atoms with van der Waals surface area (Å²) < 4.78 is 0. The minimum Gasteiger partial charge on any atom is -0.0843 e. The van der Waals surface area contributed by atoms with Crippen LogP contribution in [0, 0.1) is 0 Å². The first-order valence-electron chi connectivity index (χ1n) is 2.85. The molecule has 0 saturated carbocycles. The molecule has 0 fully saturated rings. The van der Waals surface area contributed by atoms with E-state index in [2.05, 4.69) is 15.9 Å². The van der Waals surface area contributed by atoms with Crippen molar-refractivity contribution in [3.05, 3.63) is 39.8 Å². The second kappa shape index (κ2) is 3.79. The molecule has 0 N–H and O–H groups in total. The minimum absolute atomic E-state index is 0.770. The zero-order chi connectivity index (χ0) is 7.40. The SMILES string of the molecule is Clc1ccc(C=CBr)cc1. The van der Waals surface area contributed by atoms with Gasteiger partial charge < -0.3 is 0 Å². The standard InChI is InChI=1S/C8H6BrCl/c9-6-5-7-1-3-8(10)4-2-7/h1-6H. The van der Waals surface area contributed by atoms with Crippen LogP contribution in [0.4, 0.5) is 0 Å². The molecule has 1 rings (SSSR count). The van der Waals surface area contributed by atoms with Gasteiger partial charge in [0.1, 0.15) is 0 Å². The second-order valence-electron chi connectivity index (χ2n) is 1.84.